The lowest BCUT2D eigenvalue weighted by molar-refractivity contribution is -0.138. The van der Waals surface area contributed by atoms with Gasteiger partial charge in [0.15, 0.2) is 0 Å². The van der Waals surface area contributed by atoms with Gasteiger partial charge in [-0.1, -0.05) is 0 Å². The van der Waals surface area contributed by atoms with E-state index >= 15 is 0 Å². The van der Waals surface area contributed by atoms with Crippen molar-refractivity contribution in [2.75, 3.05) is 12.0 Å². The summed E-state index contributed by atoms with van der Waals surface area (Å²) in [5.41, 5.74) is 6.92. The van der Waals surface area contributed by atoms with Crippen molar-refractivity contribution in [2.45, 2.75) is 12.5 Å². The van der Waals surface area contributed by atoms with Crippen LogP contribution in [-0.2, 0) is 4.79 Å². The third-order valence-corrected chi connectivity index (χ3v) is 1.55. The summed E-state index contributed by atoms with van der Waals surface area (Å²) in [5, 5.41) is 8.21. The molecule has 0 rings (SSSR count). The second-order valence-corrected chi connectivity index (χ2v) is 2.66. The summed E-state index contributed by atoms with van der Waals surface area (Å²) in [6.45, 7) is 0. The molecule has 0 saturated carbocycles. The third-order valence-electron chi connectivity index (χ3n) is 0.909. The van der Waals surface area contributed by atoms with Crippen LogP contribution in [0.25, 0.3) is 0 Å². The van der Waals surface area contributed by atoms with Crippen LogP contribution in [0, 0.1) is 0 Å². The molecule has 1 radical (unpaired) electrons. The van der Waals surface area contributed by atoms with Gasteiger partial charge in [-0.2, -0.15) is 11.8 Å². The first-order chi connectivity index (χ1) is 4.18. The second-order valence-electron chi connectivity index (χ2n) is 1.67. The topological polar surface area (TPSA) is 61.1 Å². The molecule has 0 saturated heterocycles. The zero-order valence-corrected chi connectivity index (χ0v) is 6.07. The van der Waals surface area contributed by atoms with Crippen LogP contribution in [0.4, 0.5) is 0 Å². The maximum atomic E-state index is 10.0. The summed E-state index contributed by atoms with van der Waals surface area (Å²) in [6.07, 6.45) is 2.34. The van der Waals surface area contributed by atoms with Crippen molar-refractivity contribution in [2.24, 2.45) is 0 Å². The van der Waals surface area contributed by atoms with Gasteiger partial charge >= 0.3 is 5.97 Å². The van der Waals surface area contributed by atoms with Crippen LogP contribution < -0.4 is 5.73 Å². The smallest absolute Gasteiger partial charge is 0.322 e. The van der Waals surface area contributed by atoms with Crippen LogP contribution in [0.2, 0.25) is 0 Å². The molecule has 2 N–H and O–H groups in total. The molecule has 0 heterocycles. The van der Waals surface area contributed by atoms with Crippen LogP contribution in [0.3, 0.4) is 0 Å². The molecule has 9 heavy (non-hydrogen) atoms. The van der Waals surface area contributed by atoms with E-state index in [9.17, 15) is 4.79 Å². The fraction of sp³-hybridized carbons (Fsp3) is 0.800. The maximum Gasteiger partial charge on any atom is 0.322 e. The highest BCUT2D eigenvalue weighted by Gasteiger charge is 2.09. The Morgan fingerprint density at radius 3 is 2.78 bits per heavy atom. The minimum atomic E-state index is -1.02. The van der Waals surface area contributed by atoms with E-state index in [-0.39, 0.29) is 0 Å². The molecule has 53 valence electrons. The SMILES string of the molecule is CSCC[C@H]([NH])C(=O)O. The van der Waals surface area contributed by atoms with Gasteiger partial charge < -0.3 is 5.11 Å². The molecule has 0 unspecified atom stereocenters. The lowest BCUT2D eigenvalue weighted by Gasteiger charge is -2.01. The fourth-order valence-electron chi connectivity index (χ4n) is 0.359. The van der Waals surface area contributed by atoms with Crippen molar-refractivity contribution in [3.8, 4) is 0 Å². The number of hydrogen-bond acceptors (Lipinski definition) is 2. The highest BCUT2D eigenvalue weighted by atomic mass is 32.2. The molecular formula is C5H10NO2S. The van der Waals surface area contributed by atoms with Crippen molar-refractivity contribution < 1.29 is 9.90 Å². The number of carbonyl (C=O) groups is 1. The van der Waals surface area contributed by atoms with Gasteiger partial charge in [-0.25, -0.2) is 5.73 Å². The maximum absolute atomic E-state index is 10.0. The van der Waals surface area contributed by atoms with Gasteiger partial charge in [-0.05, 0) is 18.4 Å². The second kappa shape index (κ2) is 4.64. The molecular weight excluding hydrogens is 138 g/mol. The van der Waals surface area contributed by atoms with E-state index in [0.29, 0.717) is 6.42 Å². The Bertz CT molecular complexity index is 97.0. The number of hydrogen-bond donors (Lipinski definition) is 1. The van der Waals surface area contributed by atoms with Gasteiger partial charge in [-0.15, -0.1) is 0 Å². The average molecular weight is 148 g/mol. The normalized spacial score (nSPS) is 13.1. The molecule has 0 aromatic heterocycles. The molecule has 4 heteroatoms. The van der Waals surface area contributed by atoms with Gasteiger partial charge in [0.05, 0.1) is 0 Å². The molecule has 0 aliphatic rings. The van der Waals surface area contributed by atoms with E-state index < -0.39 is 12.0 Å². The molecule has 3 nitrogen and oxygen atoms in total. The first kappa shape index (κ1) is 8.78. The largest absolute Gasteiger partial charge is 0.480 e. The highest BCUT2D eigenvalue weighted by Crippen LogP contribution is 1.98. The molecule has 1 atom stereocenters. The van der Waals surface area contributed by atoms with Gasteiger partial charge in [-0.3, -0.25) is 4.79 Å². The lowest BCUT2D eigenvalue weighted by Crippen LogP contribution is -2.21. The molecule has 0 aromatic rings. The minimum Gasteiger partial charge on any atom is -0.480 e. The fourth-order valence-corrected chi connectivity index (χ4v) is 0.831. The zero-order valence-electron chi connectivity index (χ0n) is 5.26. The van der Waals surface area contributed by atoms with Gasteiger partial charge in [0, 0.05) is 0 Å². The molecule has 0 bridgehead atoms. The minimum absolute atomic E-state index is 0.441. The summed E-state index contributed by atoms with van der Waals surface area (Å²) in [7, 11) is 0. The molecule has 0 spiro atoms. The predicted octanol–water partition coefficient (Wildman–Crippen LogP) is 0.476. The molecule has 0 aromatic carbocycles. The summed E-state index contributed by atoms with van der Waals surface area (Å²) in [6, 6.07) is -0.933. The third kappa shape index (κ3) is 4.29. The van der Waals surface area contributed by atoms with Gasteiger partial charge in [0.2, 0.25) is 0 Å². The molecule has 0 amide bonds. The monoisotopic (exact) mass is 148 g/mol. The molecule has 0 aliphatic carbocycles. The summed E-state index contributed by atoms with van der Waals surface area (Å²) in [4.78, 5) is 10.0. The number of carboxylic acids is 1. The van der Waals surface area contributed by atoms with Crippen molar-refractivity contribution in [3.05, 3.63) is 0 Å². The van der Waals surface area contributed by atoms with Crippen LogP contribution in [0.15, 0.2) is 0 Å². The Balaban J connectivity index is 3.27. The van der Waals surface area contributed by atoms with Crippen molar-refractivity contribution >= 4 is 17.7 Å². The van der Waals surface area contributed by atoms with Gasteiger partial charge in [0.25, 0.3) is 0 Å². The summed E-state index contributed by atoms with van der Waals surface area (Å²) < 4.78 is 0. The van der Waals surface area contributed by atoms with Crippen LogP contribution in [0.1, 0.15) is 6.42 Å². The summed E-state index contributed by atoms with van der Waals surface area (Å²) >= 11 is 1.56. The van der Waals surface area contributed by atoms with Crippen LogP contribution >= 0.6 is 11.8 Å². The van der Waals surface area contributed by atoms with E-state index in [4.69, 9.17) is 10.8 Å². The number of aliphatic carboxylic acids is 1. The zero-order chi connectivity index (χ0) is 7.28. The quantitative estimate of drug-likeness (QED) is 0.630. The Morgan fingerprint density at radius 2 is 2.44 bits per heavy atom. The Kier molecular flexibility index (Phi) is 4.53. The number of rotatable bonds is 4. The summed E-state index contributed by atoms with van der Waals surface area (Å²) in [5.74, 6) is -0.274. The first-order valence-corrected chi connectivity index (χ1v) is 4.00. The van der Waals surface area contributed by atoms with Crippen LogP contribution in [0.5, 0.6) is 0 Å². The Labute approximate surface area is 58.6 Å². The van der Waals surface area contributed by atoms with E-state index in [1.54, 1.807) is 11.8 Å². The number of nitrogens with one attached hydrogen (secondary N) is 1. The van der Waals surface area contributed by atoms with Crippen molar-refractivity contribution in [1.82, 2.24) is 5.73 Å². The van der Waals surface area contributed by atoms with Crippen molar-refractivity contribution in [3.63, 3.8) is 0 Å². The standard InChI is InChI=1S/C5H10NO2S/c1-9-3-2-4(6)5(7)8/h4,6H,2-3H2,1H3,(H,7,8)/t4-/m0/s1. The Hall–Kier alpha value is -0.220. The van der Waals surface area contributed by atoms with E-state index in [2.05, 4.69) is 0 Å². The molecule has 0 fully saturated rings. The van der Waals surface area contributed by atoms with E-state index in [1.807, 2.05) is 6.26 Å². The van der Waals surface area contributed by atoms with E-state index in [1.165, 1.54) is 0 Å². The highest BCUT2D eigenvalue weighted by molar-refractivity contribution is 7.98. The van der Waals surface area contributed by atoms with E-state index in [0.717, 1.165) is 5.75 Å². The molecule has 0 aliphatic heterocycles. The van der Waals surface area contributed by atoms with Crippen LogP contribution in [-0.4, -0.2) is 29.1 Å². The predicted molar refractivity (Wildman–Crippen MR) is 37.5 cm³/mol. The average Bonchev–Trinajstić information content (AvgIpc) is 1.82. The first-order valence-electron chi connectivity index (χ1n) is 2.61. The van der Waals surface area contributed by atoms with Crippen molar-refractivity contribution in [1.29, 1.82) is 0 Å². The lowest BCUT2D eigenvalue weighted by atomic mass is 10.2. The number of carboxylic acid groups (broad SMARTS) is 1. The van der Waals surface area contributed by atoms with Gasteiger partial charge in [0.1, 0.15) is 6.04 Å². The Morgan fingerprint density at radius 1 is 1.89 bits per heavy atom. The number of thioether (sulfide) groups is 1.